The normalized spacial score (nSPS) is 29.4. The van der Waals surface area contributed by atoms with Crippen LogP contribution in [0.4, 0.5) is 5.13 Å². The number of fused-ring (bicyclic) bond motifs is 2. The molecule has 2 fully saturated rings. The van der Waals surface area contributed by atoms with Gasteiger partial charge in [0, 0.05) is 12.3 Å². The third kappa shape index (κ3) is 2.59. The molecular weight excluding hydrogens is 334 g/mol. The molecule has 3 rings (SSSR count). The number of ketones is 1. The van der Waals surface area contributed by atoms with Crippen molar-refractivity contribution in [2.45, 2.75) is 52.9 Å². The van der Waals surface area contributed by atoms with E-state index in [4.69, 9.17) is 0 Å². The molecular formula is C15H23N3O3S2. The third-order valence-electron chi connectivity index (χ3n) is 5.75. The highest BCUT2D eigenvalue weighted by Gasteiger charge is 2.65. The van der Waals surface area contributed by atoms with Crippen molar-refractivity contribution < 1.29 is 13.2 Å². The zero-order valence-electron chi connectivity index (χ0n) is 13.9. The van der Waals surface area contributed by atoms with Crippen molar-refractivity contribution in [3.05, 3.63) is 5.01 Å². The predicted octanol–water partition coefficient (Wildman–Crippen LogP) is 2.80. The van der Waals surface area contributed by atoms with Crippen molar-refractivity contribution in [2.24, 2.45) is 16.7 Å². The van der Waals surface area contributed by atoms with Gasteiger partial charge in [-0.1, -0.05) is 39.0 Å². The summed E-state index contributed by atoms with van der Waals surface area (Å²) in [7, 11) is -3.64. The van der Waals surface area contributed by atoms with Crippen molar-refractivity contribution >= 4 is 32.3 Å². The minimum Gasteiger partial charge on any atom is -0.299 e. The minimum absolute atomic E-state index is 0.101. The molecule has 1 aromatic rings. The van der Waals surface area contributed by atoms with Gasteiger partial charge in [0.2, 0.25) is 15.2 Å². The lowest BCUT2D eigenvalue weighted by atomic mass is 9.70. The smallest absolute Gasteiger partial charge is 0.235 e. The molecule has 8 heteroatoms. The van der Waals surface area contributed by atoms with Gasteiger partial charge in [-0.2, -0.15) is 0 Å². The van der Waals surface area contributed by atoms with Crippen LogP contribution in [0.3, 0.4) is 0 Å². The average molecular weight is 358 g/mol. The van der Waals surface area contributed by atoms with Gasteiger partial charge in [-0.3, -0.25) is 9.52 Å². The minimum atomic E-state index is -3.64. The van der Waals surface area contributed by atoms with E-state index in [2.05, 4.69) is 14.9 Å². The fourth-order valence-electron chi connectivity index (χ4n) is 4.11. The van der Waals surface area contributed by atoms with E-state index < -0.39 is 15.4 Å². The molecule has 2 bridgehead atoms. The van der Waals surface area contributed by atoms with Crippen molar-refractivity contribution in [2.75, 3.05) is 10.5 Å². The van der Waals surface area contributed by atoms with Crippen LogP contribution in [0, 0.1) is 16.7 Å². The van der Waals surface area contributed by atoms with Gasteiger partial charge in [0.25, 0.3) is 0 Å². The van der Waals surface area contributed by atoms with E-state index in [9.17, 15) is 13.2 Å². The Hall–Kier alpha value is -1.02. The monoisotopic (exact) mass is 357 g/mol. The molecule has 128 valence electrons. The predicted molar refractivity (Wildman–Crippen MR) is 90.0 cm³/mol. The maximum atomic E-state index is 12.6. The highest BCUT2D eigenvalue weighted by Crippen LogP contribution is 2.64. The van der Waals surface area contributed by atoms with Crippen LogP contribution in [-0.4, -0.2) is 30.2 Å². The number of carbonyl (C=O) groups excluding carboxylic acids is 1. The van der Waals surface area contributed by atoms with Gasteiger partial charge < -0.3 is 0 Å². The molecule has 2 atom stereocenters. The summed E-state index contributed by atoms with van der Waals surface area (Å²) < 4.78 is 27.8. The molecule has 1 aromatic heterocycles. The van der Waals surface area contributed by atoms with Crippen molar-refractivity contribution in [1.82, 2.24) is 10.2 Å². The summed E-state index contributed by atoms with van der Waals surface area (Å²) in [5.41, 5.74) is -1.02. The number of carbonyl (C=O) groups is 1. The molecule has 0 saturated heterocycles. The Morgan fingerprint density at radius 3 is 2.52 bits per heavy atom. The summed E-state index contributed by atoms with van der Waals surface area (Å²) in [6, 6.07) is 0. The number of nitrogens with zero attached hydrogens (tertiary/aromatic N) is 2. The van der Waals surface area contributed by atoms with Crippen molar-refractivity contribution in [1.29, 1.82) is 0 Å². The first-order valence-electron chi connectivity index (χ1n) is 7.94. The summed E-state index contributed by atoms with van der Waals surface area (Å²) in [6.45, 7) is 8.03. The number of rotatable bonds is 5. The van der Waals surface area contributed by atoms with Gasteiger partial charge in [0.1, 0.15) is 10.8 Å². The van der Waals surface area contributed by atoms with Gasteiger partial charge in [0.05, 0.1) is 11.2 Å². The van der Waals surface area contributed by atoms with E-state index in [0.29, 0.717) is 18.8 Å². The van der Waals surface area contributed by atoms with E-state index in [1.54, 1.807) is 0 Å². The molecule has 2 saturated carbocycles. The van der Waals surface area contributed by atoms with Gasteiger partial charge in [-0.05, 0) is 24.2 Å². The van der Waals surface area contributed by atoms with Crippen LogP contribution >= 0.6 is 11.3 Å². The third-order valence-corrected chi connectivity index (χ3v) is 8.40. The van der Waals surface area contributed by atoms with E-state index in [1.807, 2.05) is 27.7 Å². The van der Waals surface area contributed by atoms with Gasteiger partial charge in [-0.25, -0.2) is 8.42 Å². The van der Waals surface area contributed by atoms with E-state index in [-0.39, 0.29) is 28.0 Å². The second-order valence-corrected chi connectivity index (χ2v) is 10.4. The molecule has 23 heavy (non-hydrogen) atoms. The number of hydrogen-bond donors (Lipinski definition) is 1. The lowest BCUT2D eigenvalue weighted by Crippen LogP contribution is -2.43. The van der Waals surface area contributed by atoms with Gasteiger partial charge in [0.15, 0.2) is 0 Å². The summed E-state index contributed by atoms with van der Waals surface area (Å²) in [5.74, 6) is 0.456. The van der Waals surface area contributed by atoms with E-state index >= 15 is 0 Å². The Bertz CT molecular complexity index is 739. The van der Waals surface area contributed by atoms with Crippen molar-refractivity contribution in [3.8, 4) is 0 Å². The Morgan fingerprint density at radius 2 is 2.04 bits per heavy atom. The molecule has 6 nitrogen and oxygen atoms in total. The van der Waals surface area contributed by atoms with Crippen LogP contribution in [0.5, 0.6) is 0 Å². The molecule has 1 N–H and O–H groups in total. The topological polar surface area (TPSA) is 89.0 Å². The second-order valence-electron chi connectivity index (χ2n) is 7.63. The van der Waals surface area contributed by atoms with Crippen LogP contribution < -0.4 is 4.72 Å². The Labute approximate surface area is 141 Å². The summed E-state index contributed by atoms with van der Waals surface area (Å²) in [4.78, 5) is 12.5. The first-order chi connectivity index (χ1) is 10.6. The average Bonchev–Trinajstić information content (AvgIpc) is 3.01. The number of Topliss-reactive ketones (excluding diaryl/α,β-unsaturated/α-hetero) is 1. The molecule has 2 aliphatic rings. The Balaban J connectivity index is 1.82. The molecule has 0 aliphatic heterocycles. The molecule has 2 aliphatic carbocycles. The van der Waals surface area contributed by atoms with Gasteiger partial charge >= 0.3 is 0 Å². The summed E-state index contributed by atoms with van der Waals surface area (Å²) >= 11 is 1.25. The molecule has 2 unspecified atom stereocenters. The van der Waals surface area contributed by atoms with Crippen molar-refractivity contribution in [3.63, 3.8) is 0 Å². The first kappa shape index (κ1) is 16.8. The Kier molecular flexibility index (Phi) is 3.83. The van der Waals surface area contributed by atoms with E-state index in [1.165, 1.54) is 11.3 Å². The molecule has 0 radical (unpaired) electrons. The van der Waals surface area contributed by atoms with Crippen LogP contribution in [0.2, 0.25) is 0 Å². The lowest BCUT2D eigenvalue weighted by molar-refractivity contribution is -0.128. The number of aromatic nitrogens is 2. The number of anilines is 1. The summed E-state index contributed by atoms with van der Waals surface area (Å²) in [6.07, 6.45) is 2.11. The highest BCUT2D eigenvalue weighted by atomic mass is 32.2. The lowest BCUT2D eigenvalue weighted by Gasteiger charge is -2.35. The molecule has 0 spiro atoms. The number of nitrogens with one attached hydrogen (secondary N) is 1. The second kappa shape index (κ2) is 5.24. The first-order valence-corrected chi connectivity index (χ1v) is 10.4. The quantitative estimate of drug-likeness (QED) is 0.875. The summed E-state index contributed by atoms with van der Waals surface area (Å²) in [5, 5.41) is 8.97. The highest BCUT2D eigenvalue weighted by molar-refractivity contribution is 7.92. The molecule has 0 amide bonds. The standard InChI is InChI=1S/C15H23N3O3S2/c1-9(2)12-16-17-13(22-12)18-23(20,21)8-15-6-5-10(7-11(15)19)14(15,3)4/h9-10H,5-8H2,1-4H3,(H,17,18). The van der Waals surface area contributed by atoms with Crippen LogP contribution in [0.15, 0.2) is 0 Å². The van der Waals surface area contributed by atoms with E-state index in [0.717, 1.165) is 11.4 Å². The van der Waals surface area contributed by atoms with Crippen LogP contribution in [0.1, 0.15) is 57.9 Å². The number of sulfonamides is 1. The molecule has 0 aromatic carbocycles. The number of hydrogen-bond acceptors (Lipinski definition) is 6. The largest absolute Gasteiger partial charge is 0.299 e. The van der Waals surface area contributed by atoms with Crippen LogP contribution in [-0.2, 0) is 14.8 Å². The fraction of sp³-hybridized carbons (Fsp3) is 0.800. The molecule has 1 heterocycles. The maximum absolute atomic E-state index is 12.6. The zero-order valence-corrected chi connectivity index (χ0v) is 15.6. The zero-order chi connectivity index (χ0) is 17.0. The van der Waals surface area contributed by atoms with Crippen LogP contribution in [0.25, 0.3) is 0 Å². The fourth-order valence-corrected chi connectivity index (χ4v) is 6.96. The SMILES string of the molecule is CC(C)c1nnc(NS(=O)(=O)CC23CCC(CC2=O)C3(C)C)s1. The Morgan fingerprint density at radius 1 is 1.35 bits per heavy atom. The van der Waals surface area contributed by atoms with Gasteiger partial charge in [-0.15, -0.1) is 10.2 Å². The maximum Gasteiger partial charge on any atom is 0.235 e.